The Morgan fingerprint density at radius 2 is 2.22 bits per heavy atom. The number of rotatable bonds is 3. The zero-order valence-corrected chi connectivity index (χ0v) is 10.5. The molecule has 0 saturated heterocycles. The van der Waals surface area contributed by atoms with Crippen molar-refractivity contribution in [3.05, 3.63) is 46.4 Å². The molecule has 0 atom stereocenters. The molecule has 3 rings (SSSR count). The molecule has 92 valence electrons. The van der Waals surface area contributed by atoms with Crippen LogP contribution in [0.5, 0.6) is 0 Å². The minimum absolute atomic E-state index is 0.287. The SMILES string of the molecule is Nc1nc2cc(F)ccc2n1CCc1ccsc1. The molecule has 0 spiro atoms. The summed E-state index contributed by atoms with van der Waals surface area (Å²) < 4.78 is 15.0. The molecular weight excluding hydrogens is 249 g/mol. The molecule has 0 aliphatic heterocycles. The van der Waals surface area contributed by atoms with Crippen molar-refractivity contribution in [2.75, 3.05) is 5.73 Å². The van der Waals surface area contributed by atoms with Gasteiger partial charge in [0, 0.05) is 12.6 Å². The summed E-state index contributed by atoms with van der Waals surface area (Å²) in [5.74, 6) is 0.149. The number of thiophene rings is 1. The molecule has 5 heteroatoms. The largest absolute Gasteiger partial charge is 0.369 e. The third-order valence-corrected chi connectivity index (χ3v) is 3.68. The maximum atomic E-state index is 13.1. The third kappa shape index (κ3) is 1.97. The summed E-state index contributed by atoms with van der Waals surface area (Å²) in [6.07, 6.45) is 0.899. The van der Waals surface area contributed by atoms with Gasteiger partial charge in [0.2, 0.25) is 5.95 Å². The van der Waals surface area contributed by atoms with Crippen molar-refractivity contribution in [2.45, 2.75) is 13.0 Å². The molecule has 0 fully saturated rings. The van der Waals surface area contributed by atoms with E-state index in [2.05, 4.69) is 21.8 Å². The molecule has 0 aliphatic rings. The third-order valence-electron chi connectivity index (χ3n) is 2.94. The lowest BCUT2D eigenvalue weighted by Gasteiger charge is -2.05. The highest BCUT2D eigenvalue weighted by molar-refractivity contribution is 7.07. The Balaban J connectivity index is 1.93. The van der Waals surface area contributed by atoms with Crippen LogP contribution in [0.3, 0.4) is 0 Å². The quantitative estimate of drug-likeness (QED) is 0.787. The molecule has 2 N–H and O–H groups in total. The zero-order valence-electron chi connectivity index (χ0n) is 9.64. The number of nitrogens with zero attached hydrogens (tertiary/aromatic N) is 2. The summed E-state index contributed by atoms with van der Waals surface area (Å²) >= 11 is 1.68. The first-order valence-corrected chi connectivity index (χ1v) is 6.60. The van der Waals surface area contributed by atoms with Crippen LogP contribution in [-0.4, -0.2) is 9.55 Å². The van der Waals surface area contributed by atoms with Crippen molar-refractivity contribution in [3.8, 4) is 0 Å². The molecule has 0 saturated carbocycles. The normalized spacial score (nSPS) is 11.2. The first kappa shape index (κ1) is 11.2. The van der Waals surface area contributed by atoms with Gasteiger partial charge in [-0.1, -0.05) is 0 Å². The molecule has 0 aliphatic carbocycles. The van der Waals surface area contributed by atoms with Crippen LogP contribution in [0, 0.1) is 5.82 Å². The molecule has 18 heavy (non-hydrogen) atoms. The van der Waals surface area contributed by atoms with Gasteiger partial charge in [-0.05, 0) is 40.9 Å². The van der Waals surface area contributed by atoms with Crippen molar-refractivity contribution < 1.29 is 4.39 Å². The second kappa shape index (κ2) is 4.42. The van der Waals surface area contributed by atoms with Crippen LogP contribution in [0.15, 0.2) is 35.0 Å². The van der Waals surface area contributed by atoms with Gasteiger partial charge in [0.1, 0.15) is 5.82 Å². The minimum atomic E-state index is -0.287. The Morgan fingerprint density at radius 3 is 3.00 bits per heavy atom. The van der Waals surface area contributed by atoms with Crippen LogP contribution in [-0.2, 0) is 13.0 Å². The molecule has 2 aromatic heterocycles. The maximum absolute atomic E-state index is 13.1. The summed E-state index contributed by atoms with van der Waals surface area (Å²) in [6, 6.07) is 6.67. The standard InChI is InChI=1S/C13H12FN3S/c14-10-1-2-12-11(7-10)16-13(15)17(12)5-3-9-4-6-18-8-9/h1-2,4,6-8H,3,5H2,(H2,15,16). The highest BCUT2D eigenvalue weighted by Gasteiger charge is 2.08. The number of imidazole rings is 1. The fourth-order valence-electron chi connectivity index (χ4n) is 2.03. The van der Waals surface area contributed by atoms with E-state index in [1.165, 1.54) is 17.7 Å². The van der Waals surface area contributed by atoms with Crippen LogP contribution >= 0.6 is 11.3 Å². The van der Waals surface area contributed by atoms with E-state index in [-0.39, 0.29) is 5.82 Å². The highest BCUT2D eigenvalue weighted by Crippen LogP contribution is 2.19. The fourth-order valence-corrected chi connectivity index (χ4v) is 2.74. The topological polar surface area (TPSA) is 43.8 Å². The number of aromatic nitrogens is 2. The van der Waals surface area contributed by atoms with Gasteiger partial charge >= 0.3 is 0 Å². The van der Waals surface area contributed by atoms with Crippen LogP contribution in [0.1, 0.15) is 5.56 Å². The Bertz CT molecular complexity index is 673. The van der Waals surface area contributed by atoms with Gasteiger partial charge in [0.05, 0.1) is 11.0 Å². The fraction of sp³-hybridized carbons (Fsp3) is 0.154. The second-order valence-electron chi connectivity index (χ2n) is 4.14. The molecular formula is C13H12FN3S. The summed E-state index contributed by atoms with van der Waals surface area (Å²) in [4.78, 5) is 4.18. The van der Waals surface area contributed by atoms with Gasteiger partial charge in [0.15, 0.2) is 0 Å². The number of halogens is 1. The van der Waals surface area contributed by atoms with E-state index in [0.717, 1.165) is 18.5 Å². The van der Waals surface area contributed by atoms with Gasteiger partial charge in [-0.2, -0.15) is 11.3 Å². The number of nitrogens with two attached hydrogens (primary N) is 1. The lowest BCUT2D eigenvalue weighted by molar-refractivity contribution is 0.629. The number of hydrogen-bond acceptors (Lipinski definition) is 3. The van der Waals surface area contributed by atoms with E-state index < -0.39 is 0 Å². The van der Waals surface area contributed by atoms with Crippen LogP contribution < -0.4 is 5.73 Å². The van der Waals surface area contributed by atoms with Crippen molar-refractivity contribution in [1.29, 1.82) is 0 Å². The lowest BCUT2D eigenvalue weighted by Crippen LogP contribution is -2.05. The molecule has 0 amide bonds. The summed E-state index contributed by atoms with van der Waals surface area (Å²) in [5, 5.41) is 4.18. The summed E-state index contributed by atoms with van der Waals surface area (Å²) in [5.41, 5.74) is 8.64. The van der Waals surface area contributed by atoms with E-state index in [0.29, 0.717) is 11.5 Å². The molecule has 1 aromatic carbocycles. The second-order valence-corrected chi connectivity index (χ2v) is 4.92. The minimum Gasteiger partial charge on any atom is -0.369 e. The smallest absolute Gasteiger partial charge is 0.201 e. The van der Waals surface area contributed by atoms with Crippen molar-refractivity contribution in [3.63, 3.8) is 0 Å². The van der Waals surface area contributed by atoms with Crippen LogP contribution in [0.25, 0.3) is 11.0 Å². The average Bonchev–Trinajstić information content (AvgIpc) is 2.93. The van der Waals surface area contributed by atoms with E-state index in [9.17, 15) is 4.39 Å². The van der Waals surface area contributed by atoms with Gasteiger partial charge in [0.25, 0.3) is 0 Å². The van der Waals surface area contributed by atoms with Gasteiger partial charge in [-0.15, -0.1) is 0 Å². The number of benzene rings is 1. The molecule has 2 heterocycles. The number of aryl methyl sites for hydroxylation is 2. The average molecular weight is 261 g/mol. The van der Waals surface area contributed by atoms with E-state index in [1.807, 2.05) is 4.57 Å². The van der Waals surface area contributed by atoms with E-state index >= 15 is 0 Å². The van der Waals surface area contributed by atoms with Crippen molar-refractivity contribution in [2.24, 2.45) is 0 Å². The molecule has 0 unspecified atom stereocenters. The van der Waals surface area contributed by atoms with Crippen LogP contribution in [0.4, 0.5) is 10.3 Å². The van der Waals surface area contributed by atoms with Gasteiger partial charge in [-0.25, -0.2) is 9.37 Å². The number of nitrogen functional groups attached to an aromatic ring is 1. The van der Waals surface area contributed by atoms with Crippen LogP contribution in [0.2, 0.25) is 0 Å². The predicted molar refractivity (Wildman–Crippen MR) is 72.1 cm³/mol. The van der Waals surface area contributed by atoms with Crippen molar-refractivity contribution in [1.82, 2.24) is 9.55 Å². The monoisotopic (exact) mass is 261 g/mol. The Kier molecular flexibility index (Phi) is 2.76. The van der Waals surface area contributed by atoms with Crippen molar-refractivity contribution >= 4 is 28.3 Å². The van der Waals surface area contributed by atoms with Gasteiger partial charge in [-0.3, -0.25) is 0 Å². The molecule has 0 radical (unpaired) electrons. The number of fused-ring (bicyclic) bond motifs is 1. The van der Waals surface area contributed by atoms with Gasteiger partial charge < -0.3 is 10.3 Å². The predicted octanol–water partition coefficient (Wildman–Crippen LogP) is 3.06. The molecule has 0 bridgehead atoms. The highest BCUT2D eigenvalue weighted by atomic mass is 32.1. The number of anilines is 1. The Labute approximate surface area is 108 Å². The Hall–Kier alpha value is -1.88. The van der Waals surface area contributed by atoms with E-state index in [1.54, 1.807) is 17.4 Å². The first-order valence-electron chi connectivity index (χ1n) is 5.66. The maximum Gasteiger partial charge on any atom is 0.201 e. The Morgan fingerprint density at radius 1 is 1.33 bits per heavy atom. The number of hydrogen-bond donors (Lipinski definition) is 1. The zero-order chi connectivity index (χ0) is 12.5. The molecule has 3 aromatic rings. The summed E-state index contributed by atoms with van der Waals surface area (Å²) in [6.45, 7) is 0.755. The summed E-state index contributed by atoms with van der Waals surface area (Å²) in [7, 11) is 0. The first-order chi connectivity index (χ1) is 8.74. The molecule has 3 nitrogen and oxygen atoms in total. The lowest BCUT2D eigenvalue weighted by atomic mass is 10.2. The van der Waals surface area contributed by atoms with E-state index in [4.69, 9.17) is 5.73 Å².